The molecule has 4 N–H and O–H groups in total. The summed E-state index contributed by atoms with van der Waals surface area (Å²) in [6.45, 7) is 5.49. The topological polar surface area (TPSA) is 113 Å². The molecule has 4 rings (SSSR count). The van der Waals surface area contributed by atoms with Gasteiger partial charge in [-0.2, -0.15) is 0 Å². The van der Waals surface area contributed by atoms with Gasteiger partial charge in [0.15, 0.2) is 0 Å². The molecule has 2 fully saturated rings. The fourth-order valence-electron chi connectivity index (χ4n) is 4.54. The summed E-state index contributed by atoms with van der Waals surface area (Å²) < 4.78 is 5.43. The minimum atomic E-state index is -0.306. The van der Waals surface area contributed by atoms with Crippen molar-refractivity contribution in [2.45, 2.75) is 51.1 Å². The molecule has 35 heavy (non-hydrogen) atoms. The highest BCUT2D eigenvalue weighted by Gasteiger charge is 2.21. The number of nitrogens with zero attached hydrogens (tertiary/aromatic N) is 3. The fourth-order valence-corrected chi connectivity index (χ4v) is 5.22. The van der Waals surface area contributed by atoms with Gasteiger partial charge in [-0.3, -0.25) is 14.7 Å². The third-order valence-corrected chi connectivity index (χ3v) is 7.36. The molecular weight excluding hydrogens is 464 g/mol. The van der Waals surface area contributed by atoms with Crippen LogP contribution >= 0.6 is 11.3 Å². The third kappa shape index (κ3) is 7.65. The molecule has 0 aromatic carbocycles. The number of morpholine rings is 1. The number of hydrogen-bond acceptors (Lipinski definition) is 7. The van der Waals surface area contributed by atoms with Gasteiger partial charge in [0.1, 0.15) is 5.69 Å². The lowest BCUT2D eigenvalue weighted by Gasteiger charge is -2.30. The number of anilines is 2. The summed E-state index contributed by atoms with van der Waals surface area (Å²) >= 11 is 1.43. The Labute approximate surface area is 211 Å². The molecule has 10 heteroatoms. The van der Waals surface area contributed by atoms with Gasteiger partial charge in [0.2, 0.25) is 0 Å². The van der Waals surface area contributed by atoms with Crippen molar-refractivity contribution in [2.75, 3.05) is 50.4 Å². The molecule has 0 radical (unpaired) electrons. The van der Waals surface area contributed by atoms with Crippen LogP contribution in [-0.4, -0.2) is 72.2 Å². The van der Waals surface area contributed by atoms with Gasteiger partial charge in [0.25, 0.3) is 5.91 Å². The molecule has 1 saturated carbocycles. The molecule has 0 unspecified atom stereocenters. The summed E-state index contributed by atoms with van der Waals surface area (Å²) in [6, 6.07) is 3.79. The van der Waals surface area contributed by atoms with E-state index < -0.39 is 0 Å². The van der Waals surface area contributed by atoms with Crippen LogP contribution in [0.25, 0.3) is 0 Å². The second-order valence-corrected chi connectivity index (χ2v) is 10.0. The van der Waals surface area contributed by atoms with Crippen molar-refractivity contribution in [3.63, 3.8) is 0 Å². The van der Waals surface area contributed by atoms with Crippen molar-refractivity contribution in [3.05, 3.63) is 40.3 Å². The molecule has 2 aromatic rings. The number of ether oxygens (including phenoxy) is 1. The van der Waals surface area contributed by atoms with E-state index in [1.807, 2.05) is 11.0 Å². The molecule has 1 saturated heterocycles. The van der Waals surface area contributed by atoms with E-state index in [1.165, 1.54) is 30.6 Å². The number of thiophene rings is 1. The monoisotopic (exact) mass is 500 g/mol. The zero-order chi connectivity index (χ0) is 24.5. The molecule has 190 valence electrons. The molecule has 3 amide bonds. The van der Waals surface area contributed by atoms with E-state index in [1.54, 1.807) is 23.0 Å². The van der Waals surface area contributed by atoms with Gasteiger partial charge < -0.3 is 26.0 Å². The van der Waals surface area contributed by atoms with Crippen LogP contribution in [0.15, 0.2) is 29.1 Å². The molecule has 9 nitrogen and oxygen atoms in total. The molecule has 2 aromatic heterocycles. The van der Waals surface area contributed by atoms with Crippen LogP contribution in [-0.2, 0) is 11.3 Å². The fraction of sp³-hybridized carbons (Fsp3) is 0.560. The maximum absolute atomic E-state index is 13.2. The number of aromatic nitrogens is 1. The number of carbonyl (C=O) groups is 2. The Balaban J connectivity index is 1.35. The second-order valence-electron chi connectivity index (χ2n) is 9.26. The molecular formula is C25H36N6O3S. The normalized spacial score (nSPS) is 17.1. The summed E-state index contributed by atoms with van der Waals surface area (Å²) in [5, 5.41) is 9.60. The number of hydrogen-bond donors (Lipinski definition) is 3. The molecule has 0 atom stereocenters. The van der Waals surface area contributed by atoms with E-state index in [0.29, 0.717) is 30.2 Å². The van der Waals surface area contributed by atoms with Gasteiger partial charge >= 0.3 is 6.03 Å². The number of nitrogens with one attached hydrogen (secondary N) is 2. The number of urea groups is 1. The van der Waals surface area contributed by atoms with Crippen molar-refractivity contribution < 1.29 is 14.3 Å². The largest absolute Gasteiger partial charge is 0.396 e. The van der Waals surface area contributed by atoms with Gasteiger partial charge in [-0.15, -0.1) is 11.3 Å². The Morgan fingerprint density at radius 1 is 1.17 bits per heavy atom. The number of amides is 3. The molecule has 2 aliphatic rings. The third-order valence-electron chi connectivity index (χ3n) is 6.60. The average Bonchev–Trinajstić information content (AvgIpc) is 3.29. The first-order valence-corrected chi connectivity index (χ1v) is 13.5. The maximum atomic E-state index is 13.2. The standard InChI is InChI=1S/C25H36N6O3S/c26-21-17-35-18-23(21)29-24(32)22-8-7-19(15-27-22)16-31(10-4-9-30-11-13-34-14-12-30)25(33)28-20-5-2-1-3-6-20/h7-8,15,17-18,20H,1-6,9-14,16,26H2,(H,28,33)(H,29,32). The predicted molar refractivity (Wildman–Crippen MR) is 139 cm³/mol. The highest BCUT2D eigenvalue weighted by Crippen LogP contribution is 2.23. The SMILES string of the molecule is Nc1cscc1NC(=O)c1ccc(CN(CCCN2CCOCC2)C(=O)NC2CCCCC2)cn1. The van der Waals surface area contributed by atoms with Gasteiger partial charge in [0, 0.05) is 55.7 Å². The van der Waals surface area contributed by atoms with Gasteiger partial charge in [-0.25, -0.2) is 4.79 Å². The molecule has 3 heterocycles. The Bertz CT molecular complexity index is 954. The Morgan fingerprint density at radius 3 is 2.66 bits per heavy atom. The average molecular weight is 501 g/mol. The Hall–Kier alpha value is -2.69. The van der Waals surface area contributed by atoms with Crippen molar-refractivity contribution >= 4 is 34.6 Å². The first-order chi connectivity index (χ1) is 17.1. The number of carbonyl (C=O) groups excluding carboxylic acids is 2. The number of nitrogen functional groups attached to an aromatic ring is 1. The van der Waals surface area contributed by atoms with Crippen LogP contribution in [0, 0.1) is 0 Å². The number of nitrogens with two attached hydrogens (primary N) is 1. The summed E-state index contributed by atoms with van der Waals surface area (Å²) in [7, 11) is 0. The van der Waals surface area contributed by atoms with E-state index >= 15 is 0 Å². The lowest BCUT2D eigenvalue weighted by molar-refractivity contribution is 0.0364. The lowest BCUT2D eigenvalue weighted by atomic mass is 9.96. The van der Waals surface area contributed by atoms with Gasteiger partial charge in [-0.05, 0) is 30.9 Å². The highest BCUT2D eigenvalue weighted by molar-refractivity contribution is 7.09. The minimum Gasteiger partial charge on any atom is -0.396 e. The van der Waals surface area contributed by atoms with Crippen LogP contribution < -0.4 is 16.4 Å². The van der Waals surface area contributed by atoms with Crippen LogP contribution in [0.5, 0.6) is 0 Å². The van der Waals surface area contributed by atoms with Gasteiger partial charge in [0.05, 0.1) is 24.6 Å². The highest BCUT2D eigenvalue weighted by atomic mass is 32.1. The van der Waals surface area contributed by atoms with E-state index in [2.05, 4.69) is 20.5 Å². The summed E-state index contributed by atoms with van der Waals surface area (Å²) in [4.78, 5) is 34.3. The van der Waals surface area contributed by atoms with E-state index in [-0.39, 0.29) is 18.0 Å². The summed E-state index contributed by atoms with van der Waals surface area (Å²) in [6.07, 6.45) is 8.27. The number of rotatable bonds is 9. The summed E-state index contributed by atoms with van der Waals surface area (Å²) in [5.41, 5.74) is 8.18. The van der Waals surface area contributed by atoms with E-state index in [4.69, 9.17) is 10.5 Å². The maximum Gasteiger partial charge on any atom is 0.317 e. The number of pyridine rings is 1. The lowest BCUT2D eigenvalue weighted by Crippen LogP contribution is -2.46. The molecule has 0 spiro atoms. The Kier molecular flexibility index (Phi) is 9.33. The van der Waals surface area contributed by atoms with Crippen molar-refractivity contribution in [1.82, 2.24) is 20.1 Å². The quantitative estimate of drug-likeness (QED) is 0.485. The van der Waals surface area contributed by atoms with E-state index in [9.17, 15) is 9.59 Å². The van der Waals surface area contributed by atoms with Crippen LogP contribution in [0.1, 0.15) is 54.6 Å². The van der Waals surface area contributed by atoms with Crippen LogP contribution in [0.4, 0.5) is 16.2 Å². The van der Waals surface area contributed by atoms with Crippen molar-refractivity contribution in [3.8, 4) is 0 Å². The predicted octanol–water partition coefficient (Wildman–Crippen LogP) is 3.54. The smallest absolute Gasteiger partial charge is 0.317 e. The van der Waals surface area contributed by atoms with Crippen LogP contribution in [0.2, 0.25) is 0 Å². The molecule has 0 bridgehead atoms. The first kappa shape index (κ1) is 25.4. The first-order valence-electron chi connectivity index (χ1n) is 12.5. The molecule has 1 aliphatic carbocycles. The second kappa shape index (κ2) is 12.9. The summed E-state index contributed by atoms with van der Waals surface area (Å²) in [5.74, 6) is -0.306. The van der Waals surface area contributed by atoms with Crippen molar-refractivity contribution in [2.24, 2.45) is 0 Å². The van der Waals surface area contributed by atoms with Gasteiger partial charge in [-0.1, -0.05) is 25.3 Å². The van der Waals surface area contributed by atoms with Crippen LogP contribution in [0.3, 0.4) is 0 Å². The minimum absolute atomic E-state index is 0.0198. The Morgan fingerprint density at radius 2 is 1.97 bits per heavy atom. The van der Waals surface area contributed by atoms with Crippen molar-refractivity contribution in [1.29, 1.82) is 0 Å². The van der Waals surface area contributed by atoms with E-state index in [0.717, 1.165) is 57.7 Å². The molecule has 1 aliphatic heterocycles. The zero-order valence-electron chi connectivity index (χ0n) is 20.2. The zero-order valence-corrected chi connectivity index (χ0v) is 21.0.